The third-order valence-electron chi connectivity index (χ3n) is 3.85. The van der Waals surface area contributed by atoms with Crippen LogP contribution in [0.5, 0.6) is 5.75 Å². The van der Waals surface area contributed by atoms with Crippen LogP contribution in [0.3, 0.4) is 0 Å². The van der Waals surface area contributed by atoms with Gasteiger partial charge in [-0.3, -0.25) is 4.79 Å². The molecule has 0 amide bonds. The molecule has 0 aliphatic rings. The Morgan fingerprint density at radius 3 is 2.59 bits per heavy atom. The summed E-state index contributed by atoms with van der Waals surface area (Å²) in [7, 11) is 1.39. The van der Waals surface area contributed by atoms with Crippen molar-refractivity contribution in [1.29, 1.82) is 0 Å². The zero-order chi connectivity index (χ0) is 20.1. The van der Waals surface area contributed by atoms with Crippen LogP contribution in [-0.2, 0) is 22.4 Å². The summed E-state index contributed by atoms with van der Waals surface area (Å²) in [4.78, 5) is 20.2. The molecule has 0 radical (unpaired) electrons. The molecule has 2 aromatic rings. The predicted octanol–water partition coefficient (Wildman–Crippen LogP) is 4.87. The van der Waals surface area contributed by atoms with Crippen LogP contribution in [0.25, 0.3) is 11.3 Å². The number of hydrogen-bond donors (Lipinski definition) is 0. The van der Waals surface area contributed by atoms with Crippen LogP contribution in [0.2, 0.25) is 10.0 Å². The van der Waals surface area contributed by atoms with Crippen molar-refractivity contribution in [2.24, 2.45) is 0 Å². The maximum absolute atomic E-state index is 14.9. The molecule has 146 valence electrons. The van der Waals surface area contributed by atoms with Gasteiger partial charge in [0.25, 0.3) is 0 Å². The van der Waals surface area contributed by atoms with Gasteiger partial charge in [-0.15, -0.1) is 11.6 Å². The van der Waals surface area contributed by atoms with Crippen molar-refractivity contribution in [2.45, 2.75) is 32.1 Å². The summed E-state index contributed by atoms with van der Waals surface area (Å²) < 4.78 is 25.2. The number of ether oxygens (including phenoxy) is 2. The molecular formula is C18H18Cl3FN2O3. The highest BCUT2D eigenvalue weighted by atomic mass is 35.5. The second-order valence-corrected chi connectivity index (χ2v) is 6.80. The van der Waals surface area contributed by atoms with Crippen LogP contribution in [-0.4, -0.2) is 35.0 Å². The van der Waals surface area contributed by atoms with Crippen molar-refractivity contribution >= 4 is 40.8 Å². The number of carbonyl (C=O) groups excluding carboxylic acids is 1. The van der Waals surface area contributed by atoms with E-state index in [1.54, 1.807) is 6.92 Å². The Morgan fingerprint density at radius 2 is 2.00 bits per heavy atom. The highest BCUT2D eigenvalue weighted by Gasteiger charge is 2.27. The fraction of sp³-hybridized carbons (Fsp3) is 0.389. The van der Waals surface area contributed by atoms with E-state index < -0.39 is 17.2 Å². The predicted molar refractivity (Wildman–Crippen MR) is 103 cm³/mol. The largest absolute Gasteiger partial charge is 0.495 e. The molecule has 0 bridgehead atoms. The van der Waals surface area contributed by atoms with Gasteiger partial charge in [-0.1, -0.05) is 30.1 Å². The first-order valence-electron chi connectivity index (χ1n) is 8.20. The number of benzene rings is 1. The van der Waals surface area contributed by atoms with Crippen molar-refractivity contribution in [3.63, 3.8) is 0 Å². The Kier molecular flexibility index (Phi) is 7.65. The van der Waals surface area contributed by atoms with Crippen LogP contribution >= 0.6 is 34.8 Å². The quantitative estimate of drug-likeness (QED) is 0.458. The zero-order valence-electron chi connectivity index (χ0n) is 15.0. The Labute approximate surface area is 171 Å². The van der Waals surface area contributed by atoms with Crippen molar-refractivity contribution in [3.8, 4) is 17.0 Å². The number of aryl methyl sites for hydroxylation is 1. The number of hydrogen-bond acceptors (Lipinski definition) is 5. The summed E-state index contributed by atoms with van der Waals surface area (Å²) in [6.07, 6.45) is 1.75. The lowest BCUT2D eigenvalue weighted by Gasteiger charge is -2.19. The van der Waals surface area contributed by atoms with E-state index in [0.717, 1.165) is 6.07 Å². The molecule has 0 aliphatic heterocycles. The topological polar surface area (TPSA) is 61.3 Å². The lowest BCUT2D eigenvalue weighted by atomic mass is 9.97. The number of halogens is 4. The first kappa shape index (κ1) is 21.7. The fourth-order valence-electron chi connectivity index (χ4n) is 2.64. The van der Waals surface area contributed by atoms with Gasteiger partial charge >= 0.3 is 5.97 Å². The molecule has 1 atom stereocenters. The number of nitrogens with zero attached hydrogens (tertiary/aromatic N) is 2. The lowest BCUT2D eigenvalue weighted by Crippen LogP contribution is -2.21. The highest BCUT2D eigenvalue weighted by molar-refractivity contribution is 6.34. The number of methoxy groups -OCH3 is 1. The Hall–Kier alpha value is -1.63. The number of aromatic nitrogens is 2. The summed E-state index contributed by atoms with van der Waals surface area (Å²) in [5.74, 6) is -1.10. The minimum absolute atomic E-state index is 0.0439. The van der Waals surface area contributed by atoms with E-state index in [9.17, 15) is 9.18 Å². The minimum Gasteiger partial charge on any atom is -0.495 e. The Balaban J connectivity index is 2.69. The molecule has 1 unspecified atom stereocenters. The molecular weight excluding hydrogens is 418 g/mol. The van der Waals surface area contributed by atoms with E-state index in [2.05, 4.69) is 9.97 Å². The summed E-state index contributed by atoms with van der Waals surface area (Å²) in [6.45, 7) is 3.71. The van der Waals surface area contributed by atoms with Crippen molar-refractivity contribution in [1.82, 2.24) is 9.97 Å². The first-order chi connectivity index (χ1) is 12.8. The maximum Gasteiger partial charge on any atom is 0.324 e. The molecule has 0 spiro atoms. The van der Waals surface area contributed by atoms with Crippen LogP contribution in [0, 0.1) is 5.82 Å². The van der Waals surface area contributed by atoms with Crippen LogP contribution in [0.4, 0.5) is 4.39 Å². The SMILES string of the molecule is CCOC(=O)C(Cl)Cc1c(OC)c(Cl)cc(F)c1-c1ncnc(CC)c1Cl. The summed E-state index contributed by atoms with van der Waals surface area (Å²) in [5.41, 5.74) is 1.08. The average Bonchev–Trinajstić information content (AvgIpc) is 2.63. The molecule has 0 saturated heterocycles. The van der Waals surface area contributed by atoms with Crippen molar-refractivity contribution in [3.05, 3.63) is 39.5 Å². The normalized spacial score (nSPS) is 12.0. The Bertz CT molecular complexity index is 849. The van der Waals surface area contributed by atoms with Gasteiger partial charge in [-0.25, -0.2) is 14.4 Å². The summed E-state index contributed by atoms with van der Waals surface area (Å²) in [6, 6.07) is 1.11. The van der Waals surface area contributed by atoms with Gasteiger partial charge in [0.15, 0.2) is 0 Å². The molecule has 0 saturated carbocycles. The molecule has 1 aromatic heterocycles. The van der Waals surface area contributed by atoms with E-state index in [4.69, 9.17) is 44.3 Å². The molecule has 2 rings (SSSR count). The van der Waals surface area contributed by atoms with E-state index >= 15 is 0 Å². The van der Waals surface area contributed by atoms with E-state index in [1.807, 2.05) is 6.92 Å². The van der Waals surface area contributed by atoms with E-state index in [0.29, 0.717) is 12.1 Å². The number of esters is 1. The van der Waals surface area contributed by atoms with Gasteiger partial charge in [-0.2, -0.15) is 0 Å². The molecule has 0 fully saturated rings. The molecule has 5 nitrogen and oxygen atoms in total. The van der Waals surface area contributed by atoms with Gasteiger partial charge in [0.1, 0.15) is 23.3 Å². The summed E-state index contributed by atoms with van der Waals surface area (Å²) >= 11 is 18.7. The summed E-state index contributed by atoms with van der Waals surface area (Å²) in [5, 5.41) is -0.809. The second kappa shape index (κ2) is 9.53. The number of rotatable bonds is 7. The van der Waals surface area contributed by atoms with Crippen LogP contribution in [0.15, 0.2) is 12.4 Å². The molecule has 27 heavy (non-hydrogen) atoms. The minimum atomic E-state index is -1.07. The van der Waals surface area contributed by atoms with Crippen LogP contribution in [0.1, 0.15) is 25.1 Å². The van der Waals surface area contributed by atoms with Crippen molar-refractivity contribution < 1.29 is 18.7 Å². The van der Waals surface area contributed by atoms with Crippen LogP contribution < -0.4 is 4.74 Å². The molecule has 9 heteroatoms. The fourth-order valence-corrected chi connectivity index (χ4v) is 3.47. The molecule has 0 aliphatic carbocycles. The number of carbonyl (C=O) groups is 1. The first-order valence-corrected chi connectivity index (χ1v) is 9.40. The molecule has 1 heterocycles. The van der Waals surface area contributed by atoms with Gasteiger partial charge in [0.2, 0.25) is 0 Å². The standard InChI is InChI=1S/C18H18Cl3FN2O3/c1-4-13-15(21)16(24-8-23-13)14-9(6-11(20)18(25)27-5-2)17(26-3)10(19)7-12(14)22/h7-8,11H,4-6H2,1-3H3. The van der Waals surface area contributed by atoms with E-state index in [1.165, 1.54) is 13.4 Å². The van der Waals surface area contributed by atoms with Gasteiger partial charge in [0, 0.05) is 17.5 Å². The maximum atomic E-state index is 14.9. The average molecular weight is 436 g/mol. The monoisotopic (exact) mass is 434 g/mol. The third kappa shape index (κ3) is 4.62. The third-order valence-corrected chi connectivity index (χ3v) is 4.86. The van der Waals surface area contributed by atoms with Gasteiger partial charge in [-0.05, 0) is 19.4 Å². The second-order valence-electron chi connectivity index (χ2n) is 5.49. The highest BCUT2D eigenvalue weighted by Crippen LogP contribution is 2.41. The Morgan fingerprint density at radius 1 is 1.30 bits per heavy atom. The van der Waals surface area contributed by atoms with Crippen molar-refractivity contribution in [2.75, 3.05) is 13.7 Å². The molecule has 0 N–H and O–H groups in total. The zero-order valence-corrected chi connectivity index (χ0v) is 17.3. The molecule has 1 aromatic carbocycles. The van der Waals surface area contributed by atoms with Gasteiger partial charge < -0.3 is 9.47 Å². The van der Waals surface area contributed by atoms with Gasteiger partial charge in [0.05, 0.1) is 35.1 Å². The lowest BCUT2D eigenvalue weighted by molar-refractivity contribution is -0.142. The smallest absolute Gasteiger partial charge is 0.324 e. The number of alkyl halides is 1. The van der Waals surface area contributed by atoms with E-state index in [-0.39, 0.29) is 45.6 Å².